The Balaban J connectivity index is 4.28. The van der Waals surface area contributed by atoms with E-state index in [1.807, 2.05) is 0 Å². The molecule has 0 spiro atoms. The van der Waals surface area contributed by atoms with Gasteiger partial charge in [0.05, 0.1) is 0 Å². The summed E-state index contributed by atoms with van der Waals surface area (Å²) in [5.74, 6) is -1.43. The maximum absolute atomic E-state index is 10.3. The molecule has 0 radical (unpaired) electrons. The Bertz CT molecular complexity index is 249. The van der Waals surface area contributed by atoms with Crippen LogP contribution in [0.2, 0.25) is 0 Å². The molecular weight excluding hydrogens is 160 g/mol. The van der Waals surface area contributed by atoms with E-state index in [-0.39, 0.29) is 0 Å². The van der Waals surface area contributed by atoms with Crippen LogP contribution in [0.3, 0.4) is 0 Å². The van der Waals surface area contributed by atoms with E-state index in [2.05, 4.69) is 0 Å². The molecule has 0 heterocycles. The van der Waals surface area contributed by atoms with Gasteiger partial charge in [0.2, 0.25) is 9.84 Å². The van der Waals surface area contributed by atoms with Crippen LogP contribution in [0, 0.1) is 0 Å². The fourth-order valence-corrected chi connectivity index (χ4v) is 0.640. The minimum atomic E-state index is -3.82. The second-order valence-corrected chi connectivity index (χ2v) is 3.71. The summed E-state index contributed by atoms with van der Waals surface area (Å²) in [7, 11) is -3.82. The van der Waals surface area contributed by atoms with Gasteiger partial charge in [-0.05, 0) is 0 Å². The third kappa shape index (κ3) is 3.18. The Hall–Kier alpha value is -0.910. The zero-order valence-corrected chi connectivity index (χ0v) is 6.01. The van der Waals surface area contributed by atoms with E-state index in [1.54, 1.807) is 0 Å². The summed E-state index contributed by atoms with van der Waals surface area (Å²) >= 11 is 0. The van der Waals surface area contributed by atoms with E-state index in [9.17, 15) is 18.0 Å². The van der Waals surface area contributed by atoms with E-state index in [1.165, 1.54) is 0 Å². The number of hydrogen-bond acceptors (Lipinski definition) is 4. The predicted molar refractivity (Wildman–Crippen MR) is 32.1 cm³/mol. The number of carbonyl (C=O) groups excluding carboxylic acids is 1. The SMILES string of the molecule is CS(=O)(=O)C(=O)CC(=O)O. The van der Waals surface area contributed by atoms with Crippen molar-refractivity contribution in [3.05, 3.63) is 0 Å². The molecular formula is C4H6O5S. The van der Waals surface area contributed by atoms with Crippen molar-refractivity contribution in [2.45, 2.75) is 6.42 Å². The summed E-state index contributed by atoms with van der Waals surface area (Å²) in [6.45, 7) is 0. The highest BCUT2D eigenvalue weighted by molar-refractivity contribution is 8.05. The first-order chi connectivity index (χ1) is 4.34. The van der Waals surface area contributed by atoms with Gasteiger partial charge < -0.3 is 5.11 Å². The van der Waals surface area contributed by atoms with Gasteiger partial charge in [-0.25, -0.2) is 8.42 Å². The molecule has 0 aliphatic carbocycles. The zero-order valence-electron chi connectivity index (χ0n) is 5.20. The molecule has 0 atom stereocenters. The number of carboxylic acid groups (broad SMARTS) is 1. The van der Waals surface area contributed by atoms with E-state index in [0.717, 1.165) is 0 Å². The third-order valence-electron chi connectivity index (χ3n) is 0.709. The van der Waals surface area contributed by atoms with Crippen LogP contribution in [0.5, 0.6) is 0 Å². The maximum Gasteiger partial charge on any atom is 0.312 e. The minimum Gasteiger partial charge on any atom is -0.481 e. The largest absolute Gasteiger partial charge is 0.481 e. The van der Waals surface area contributed by atoms with Crippen molar-refractivity contribution < 1.29 is 23.1 Å². The number of rotatable bonds is 2. The molecule has 0 unspecified atom stereocenters. The highest BCUT2D eigenvalue weighted by Gasteiger charge is 2.18. The average molecular weight is 166 g/mol. The standard InChI is InChI=1S/C4H6O5S/c1-10(8,9)4(7)2-3(5)6/h2H2,1H3,(H,5,6). The Kier molecular flexibility index (Phi) is 2.53. The number of carboxylic acids is 1. The highest BCUT2D eigenvalue weighted by atomic mass is 32.2. The van der Waals surface area contributed by atoms with Crippen LogP contribution < -0.4 is 0 Å². The average Bonchev–Trinajstić information content (AvgIpc) is 1.60. The summed E-state index contributed by atoms with van der Waals surface area (Å²) in [6, 6.07) is 0. The molecule has 0 aromatic rings. The highest BCUT2D eigenvalue weighted by Crippen LogP contribution is 1.91. The van der Waals surface area contributed by atoms with Gasteiger partial charge in [-0.1, -0.05) is 0 Å². The third-order valence-corrected chi connectivity index (χ3v) is 1.68. The van der Waals surface area contributed by atoms with Crippen molar-refractivity contribution in [2.24, 2.45) is 0 Å². The topological polar surface area (TPSA) is 88.5 Å². The van der Waals surface area contributed by atoms with Gasteiger partial charge in [-0.2, -0.15) is 0 Å². The monoisotopic (exact) mass is 166 g/mol. The smallest absolute Gasteiger partial charge is 0.312 e. The number of sulfone groups is 1. The normalized spacial score (nSPS) is 10.9. The van der Waals surface area contributed by atoms with Gasteiger partial charge in [-0.15, -0.1) is 0 Å². The first-order valence-corrected chi connectivity index (χ1v) is 4.18. The molecule has 0 aliphatic rings. The van der Waals surface area contributed by atoms with Crippen LogP contribution in [-0.2, 0) is 19.4 Å². The lowest BCUT2D eigenvalue weighted by Crippen LogP contribution is -2.16. The van der Waals surface area contributed by atoms with Gasteiger partial charge in [0.25, 0.3) is 5.12 Å². The lowest BCUT2D eigenvalue weighted by molar-refractivity contribution is -0.138. The molecule has 0 fully saturated rings. The second-order valence-electron chi connectivity index (χ2n) is 1.71. The van der Waals surface area contributed by atoms with E-state index >= 15 is 0 Å². The van der Waals surface area contributed by atoms with Gasteiger partial charge in [0.1, 0.15) is 6.42 Å². The molecule has 0 amide bonds. The van der Waals surface area contributed by atoms with Crippen molar-refractivity contribution in [1.29, 1.82) is 0 Å². The Morgan fingerprint density at radius 2 is 1.80 bits per heavy atom. The van der Waals surface area contributed by atoms with Crippen molar-refractivity contribution >= 4 is 20.9 Å². The van der Waals surface area contributed by atoms with E-state index in [4.69, 9.17) is 5.11 Å². The first kappa shape index (κ1) is 9.09. The van der Waals surface area contributed by atoms with Crippen molar-refractivity contribution in [2.75, 3.05) is 6.26 Å². The van der Waals surface area contributed by atoms with Gasteiger partial charge in [0.15, 0.2) is 0 Å². The Labute approximate surface area is 57.6 Å². The maximum atomic E-state index is 10.3. The van der Waals surface area contributed by atoms with Crippen LogP contribution in [0.1, 0.15) is 6.42 Å². The molecule has 0 saturated heterocycles. The quantitative estimate of drug-likeness (QED) is 0.533. The van der Waals surface area contributed by atoms with Gasteiger partial charge in [-0.3, -0.25) is 9.59 Å². The van der Waals surface area contributed by atoms with E-state index in [0.29, 0.717) is 6.26 Å². The van der Waals surface area contributed by atoms with Gasteiger partial charge in [0, 0.05) is 6.26 Å². The summed E-state index contributed by atoms with van der Waals surface area (Å²) in [5.41, 5.74) is 0. The molecule has 58 valence electrons. The molecule has 0 aromatic heterocycles. The summed E-state index contributed by atoms with van der Waals surface area (Å²) in [5, 5.41) is 6.70. The second kappa shape index (κ2) is 2.78. The van der Waals surface area contributed by atoms with Crippen LogP contribution >= 0.6 is 0 Å². The summed E-state index contributed by atoms with van der Waals surface area (Å²) in [4.78, 5) is 20.1. The predicted octanol–water partition coefficient (Wildman–Crippen LogP) is -0.968. The zero-order chi connectivity index (χ0) is 8.36. The van der Waals surface area contributed by atoms with Crippen LogP contribution in [0.25, 0.3) is 0 Å². The summed E-state index contributed by atoms with van der Waals surface area (Å²) < 4.78 is 20.5. The van der Waals surface area contributed by atoms with Crippen LogP contribution in [0.15, 0.2) is 0 Å². The molecule has 10 heavy (non-hydrogen) atoms. The molecule has 0 bridgehead atoms. The minimum absolute atomic E-state index is 0.679. The number of aliphatic carboxylic acids is 1. The van der Waals surface area contributed by atoms with E-state index < -0.39 is 27.3 Å². The van der Waals surface area contributed by atoms with Crippen molar-refractivity contribution in [3.63, 3.8) is 0 Å². The molecule has 0 aromatic carbocycles. The fourth-order valence-electron chi connectivity index (χ4n) is 0.255. The Morgan fingerprint density at radius 1 is 1.40 bits per heavy atom. The van der Waals surface area contributed by atoms with Crippen molar-refractivity contribution in [3.8, 4) is 0 Å². The molecule has 0 aliphatic heterocycles. The first-order valence-electron chi connectivity index (χ1n) is 2.28. The summed E-state index contributed by atoms with van der Waals surface area (Å²) in [6.07, 6.45) is -0.281. The molecule has 6 heteroatoms. The lowest BCUT2D eigenvalue weighted by atomic mass is 10.5. The molecule has 0 rings (SSSR count). The van der Waals surface area contributed by atoms with Gasteiger partial charge >= 0.3 is 5.97 Å². The molecule has 5 nitrogen and oxygen atoms in total. The number of hydrogen-bond donors (Lipinski definition) is 1. The fraction of sp³-hybridized carbons (Fsp3) is 0.500. The molecule has 1 N–H and O–H groups in total. The lowest BCUT2D eigenvalue weighted by Gasteiger charge is -1.90. The molecule has 0 saturated carbocycles. The number of carbonyl (C=O) groups is 2. The Morgan fingerprint density at radius 3 is 1.90 bits per heavy atom. The van der Waals surface area contributed by atoms with Crippen LogP contribution in [0.4, 0.5) is 0 Å². The van der Waals surface area contributed by atoms with Crippen LogP contribution in [-0.4, -0.2) is 30.9 Å². The van der Waals surface area contributed by atoms with Crippen molar-refractivity contribution in [1.82, 2.24) is 0 Å².